The lowest BCUT2D eigenvalue weighted by Gasteiger charge is -2.10. The highest BCUT2D eigenvalue weighted by molar-refractivity contribution is 9.10. The van der Waals surface area contributed by atoms with E-state index in [0.29, 0.717) is 6.10 Å². The number of ether oxygens (including phenoxy) is 2. The Balaban J connectivity index is 1.64. The quantitative estimate of drug-likeness (QED) is 0.766. The molecule has 0 N–H and O–H groups in total. The van der Waals surface area contributed by atoms with Crippen LogP contribution < -0.4 is 4.74 Å². The lowest BCUT2D eigenvalue weighted by atomic mass is 10.1. The summed E-state index contributed by atoms with van der Waals surface area (Å²) in [6, 6.07) is 7.96. The Morgan fingerprint density at radius 1 is 1.44 bits per heavy atom. The van der Waals surface area contributed by atoms with Crippen molar-refractivity contribution in [2.24, 2.45) is 0 Å². The molecule has 1 saturated heterocycles. The molecule has 16 heavy (non-hydrogen) atoms. The van der Waals surface area contributed by atoms with Crippen LogP contribution in [0, 0.1) is 0 Å². The second-order valence-corrected chi connectivity index (χ2v) is 5.00. The van der Waals surface area contributed by atoms with Crippen LogP contribution in [0.5, 0.6) is 5.75 Å². The Labute approximate surface area is 105 Å². The van der Waals surface area contributed by atoms with E-state index in [1.54, 1.807) is 0 Å². The van der Waals surface area contributed by atoms with Crippen LogP contribution >= 0.6 is 15.9 Å². The van der Waals surface area contributed by atoms with E-state index in [1.165, 1.54) is 12.8 Å². The Hall–Kier alpha value is -0.540. The third kappa shape index (κ3) is 3.80. The zero-order chi connectivity index (χ0) is 11.2. The van der Waals surface area contributed by atoms with E-state index in [4.69, 9.17) is 9.47 Å². The molecule has 88 valence electrons. The maximum atomic E-state index is 5.66. The molecule has 1 unspecified atom stereocenters. The van der Waals surface area contributed by atoms with Gasteiger partial charge in [-0.25, -0.2) is 0 Å². The largest absolute Gasteiger partial charge is 0.494 e. The third-order valence-corrected chi connectivity index (χ3v) is 3.25. The summed E-state index contributed by atoms with van der Waals surface area (Å²) in [4.78, 5) is 0. The lowest BCUT2D eigenvalue weighted by Crippen LogP contribution is -2.07. The van der Waals surface area contributed by atoms with Crippen LogP contribution in [-0.2, 0) is 4.74 Å². The topological polar surface area (TPSA) is 18.5 Å². The summed E-state index contributed by atoms with van der Waals surface area (Å²) in [6.07, 6.45) is 5.10. The minimum atomic E-state index is 0.478. The first kappa shape index (κ1) is 11.9. The minimum Gasteiger partial charge on any atom is -0.494 e. The third-order valence-electron chi connectivity index (χ3n) is 2.76. The molecule has 1 aromatic carbocycles. The first-order valence-corrected chi connectivity index (χ1v) is 6.64. The van der Waals surface area contributed by atoms with Crippen molar-refractivity contribution in [3.63, 3.8) is 0 Å². The molecule has 2 nitrogen and oxygen atoms in total. The van der Waals surface area contributed by atoms with Gasteiger partial charge in [0.05, 0.1) is 12.7 Å². The van der Waals surface area contributed by atoms with Gasteiger partial charge in [-0.15, -0.1) is 0 Å². The first-order valence-electron chi connectivity index (χ1n) is 5.84. The van der Waals surface area contributed by atoms with Crippen molar-refractivity contribution in [1.29, 1.82) is 0 Å². The van der Waals surface area contributed by atoms with Gasteiger partial charge in [0, 0.05) is 11.1 Å². The number of rotatable bonds is 5. The van der Waals surface area contributed by atoms with Crippen molar-refractivity contribution < 1.29 is 9.47 Å². The summed E-state index contributed by atoms with van der Waals surface area (Å²) in [7, 11) is 0. The molecule has 0 amide bonds. The van der Waals surface area contributed by atoms with Gasteiger partial charge < -0.3 is 9.47 Å². The van der Waals surface area contributed by atoms with Crippen LogP contribution in [0.2, 0.25) is 0 Å². The summed E-state index contributed by atoms with van der Waals surface area (Å²) in [5.41, 5.74) is 0. The van der Waals surface area contributed by atoms with Gasteiger partial charge in [0.25, 0.3) is 0 Å². The van der Waals surface area contributed by atoms with Crippen molar-refractivity contribution >= 4 is 15.9 Å². The molecule has 3 heteroatoms. The molecular formula is C13H17BrO2. The number of hydrogen-bond acceptors (Lipinski definition) is 2. The van der Waals surface area contributed by atoms with Gasteiger partial charge in [0.1, 0.15) is 5.75 Å². The molecule has 0 bridgehead atoms. The highest BCUT2D eigenvalue weighted by Gasteiger charge is 2.14. The van der Waals surface area contributed by atoms with E-state index in [2.05, 4.69) is 15.9 Å². The smallest absolute Gasteiger partial charge is 0.120 e. The molecule has 0 aliphatic carbocycles. The molecule has 1 aromatic rings. The van der Waals surface area contributed by atoms with Crippen LogP contribution in [0.15, 0.2) is 28.7 Å². The Morgan fingerprint density at radius 3 is 3.12 bits per heavy atom. The van der Waals surface area contributed by atoms with Gasteiger partial charge in [-0.2, -0.15) is 0 Å². The van der Waals surface area contributed by atoms with E-state index in [1.807, 2.05) is 24.3 Å². The molecule has 2 rings (SSSR count). The zero-order valence-corrected chi connectivity index (χ0v) is 10.9. The molecule has 0 aromatic heterocycles. The SMILES string of the molecule is Brc1cccc(OCCCC2CCCO2)c1. The molecule has 1 aliphatic heterocycles. The Bertz CT molecular complexity index is 321. The fourth-order valence-corrected chi connectivity index (χ4v) is 2.31. The summed E-state index contributed by atoms with van der Waals surface area (Å²) in [5, 5.41) is 0. The molecule has 0 radical (unpaired) electrons. The number of benzene rings is 1. The zero-order valence-electron chi connectivity index (χ0n) is 9.32. The van der Waals surface area contributed by atoms with Gasteiger partial charge in [-0.1, -0.05) is 22.0 Å². The second-order valence-electron chi connectivity index (χ2n) is 4.08. The minimum absolute atomic E-state index is 0.478. The van der Waals surface area contributed by atoms with Crippen molar-refractivity contribution in [3.8, 4) is 5.75 Å². The predicted octanol–water partition coefficient (Wildman–Crippen LogP) is 3.79. The fraction of sp³-hybridized carbons (Fsp3) is 0.538. The van der Waals surface area contributed by atoms with Gasteiger partial charge in [-0.3, -0.25) is 0 Å². The van der Waals surface area contributed by atoms with E-state index in [0.717, 1.165) is 36.3 Å². The lowest BCUT2D eigenvalue weighted by molar-refractivity contribution is 0.0981. The second kappa shape index (κ2) is 6.26. The Morgan fingerprint density at radius 2 is 2.38 bits per heavy atom. The molecule has 1 aliphatic rings. The maximum Gasteiger partial charge on any atom is 0.120 e. The van der Waals surface area contributed by atoms with E-state index < -0.39 is 0 Å². The monoisotopic (exact) mass is 284 g/mol. The van der Waals surface area contributed by atoms with E-state index in [-0.39, 0.29) is 0 Å². The number of halogens is 1. The van der Waals surface area contributed by atoms with Crippen LogP contribution in [0.1, 0.15) is 25.7 Å². The summed E-state index contributed by atoms with van der Waals surface area (Å²) in [6.45, 7) is 1.72. The van der Waals surface area contributed by atoms with Crippen molar-refractivity contribution in [2.45, 2.75) is 31.8 Å². The average molecular weight is 285 g/mol. The van der Waals surface area contributed by atoms with Crippen LogP contribution in [0.25, 0.3) is 0 Å². The van der Waals surface area contributed by atoms with E-state index in [9.17, 15) is 0 Å². The molecule has 0 spiro atoms. The Kier molecular flexibility index (Phi) is 4.67. The van der Waals surface area contributed by atoms with Crippen LogP contribution in [0.4, 0.5) is 0 Å². The van der Waals surface area contributed by atoms with Crippen molar-refractivity contribution in [1.82, 2.24) is 0 Å². The first-order chi connectivity index (χ1) is 7.84. The average Bonchev–Trinajstić information content (AvgIpc) is 2.77. The fourth-order valence-electron chi connectivity index (χ4n) is 1.93. The molecule has 1 atom stereocenters. The summed E-state index contributed by atoms with van der Waals surface area (Å²) < 4.78 is 12.3. The highest BCUT2D eigenvalue weighted by atomic mass is 79.9. The van der Waals surface area contributed by atoms with Gasteiger partial charge in [0.2, 0.25) is 0 Å². The van der Waals surface area contributed by atoms with Gasteiger partial charge >= 0.3 is 0 Å². The standard InChI is InChI=1S/C13H17BrO2/c14-11-4-1-5-13(10-11)16-9-3-7-12-6-2-8-15-12/h1,4-5,10,12H,2-3,6-9H2. The molecular weight excluding hydrogens is 268 g/mol. The summed E-state index contributed by atoms with van der Waals surface area (Å²) in [5.74, 6) is 0.932. The van der Waals surface area contributed by atoms with Gasteiger partial charge in [0.15, 0.2) is 0 Å². The number of hydrogen-bond donors (Lipinski definition) is 0. The van der Waals surface area contributed by atoms with Crippen LogP contribution in [-0.4, -0.2) is 19.3 Å². The van der Waals surface area contributed by atoms with Gasteiger partial charge in [-0.05, 0) is 43.9 Å². The predicted molar refractivity (Wildman–Crippen MR) is 67.8 cm³/mol. The normalized spacial score (nSPS) is 19.9. The van der Waals surface area contributed by atoms with Crippen molar-refractivity contribution in [3.05, 3.63) is 28.7 Å². The molecule has 1 heterocycles. The molecule has 0 saturated carbocycles. The molecule has 1 fully saturated rings. The van der Waals surface area contributed by atoms with Crippen molar-refractivity contribution in [2.75, 3.05) is 13.2 Å². The maximum absolute atomic E-state index is 5.66. The highest BCUT2D eigenvalue weighted by Crippen LogP contribution is 2.19. The van der Waals surface area contributed by atoms with E-state index >= 15 is 0 Å². The summed E-state index contributed by atoms with van der Waals surface area (Å²) >= 11 is 3.42. The van der Waals surface area contributed by atoms with Crippen LogP contribution in [0.3, 0.4) is 0 Å².